The lowest BCUT2D eigenvalue weighted by atomic mass is 10.1. The number of carbonyl (C=O) groups excluding carboxylic acids is 1. The first-order chi connectivity index (χ1) is 12.9. The molecule has 0 spiro atoms. The summed E-state index contributed by atoms with van der Waals surface area (Å²) in [5, 5.41) is 0.484. The molecule has 1 fully saturated rings. The molecule has 2 aromatic rings. The zero-order chi connectivity index (χ0) is 19.4. The van der Waals surface area contributed by atoms with E-state index in [-0.39, 0.29) is 29.0 Å². The molecule has 1 atom stereocenters. The van der Waals surface area contributed by atoms with E-state index in [1.165, 1.54) is 12.1 Å². The Morgan fingerprint density at radius 1 is 1.11 bits per heavy atom. The zero-order valence-corrected chi connectivity index (χ0v) is 16.9. The minimum Gasteiger partial charge on any atom is -0.335 e. The molecule has 0 aromatic heterocycles. The molecule has 0 bridgehead atoms. The van der Waals surface area contributed by atoms with Crippen LogP contribution in [0.5, 0.6) is 0 Å². The van der Waals surface area contributed by atoms with Gasteiger partial charge in [-0.25, -0.2) is 8.42 Å². The van der Waals surface area contributed by atoms with Crippen molar-refractivity contribution in [3.05, 3.63) is 65.2 Å². The van der Waals surface area contributed by atoms with Gasteiger partial charge >= 0.3 is 0 Å². The van der Waals surface area contributed by atoms with Gasteiger partial charge in [0, 0.05) is 24.0 Å². The van der Waals surface area contributed by atoms with Crippen molar-refractivity contribution in [3.8, 4) is 0 Å². The van der Waals surface area contributed by atoms with E-state index in [1.54, 1.807) is 12.1 Å². The van der Waals surface area contributed by atoms with Gasteiger partial charge < -0.3 is 4.90 Å². The summed E-state index contributed by atoms with van der Waals surface area (Å²) in [6.45, 7) is 2.57. The van der Waals surface area contributed by atoms with Gasteiger partial charge in [-0.2, -0.15) is 0 Å². The lowest BCUT2D eigenvalue weighted by molar-refractivity contribution is -0.133. The number of halogens is 1. The standard InChI is InChI=1S/C21H24ClNO3S/c1-16(18-7-8-18)23(15-17-5-3-2-4-6-17)21(24)13-14-27(25,26)20-11-9-19(22)10-12-20/h2-6,9-12,16,18H,7-8,13-15H2,1H3. The Morgan fingerprint density at radius 3 is 2.33 bits per heavy atom. The fourth-order valence-electron chi connectivity index (χ4n) is 3.20. The van der Waals surface area contributed by atoms with Gasteiger partial charge in [-0.05, 0) is 55.5 Å². The summed E-state index contributed by atoms with van der Waals surface area (Å²) >= 11 is 5.82. The summed E-state index contributed by atoms with van der Waals surface area (Å²) in [6.07, 6.45) is 2.24. The second-order valence-electron chi connectivity index (χ2n) is 7.11. The minimum atomic E-state index is -3.51. The van der Waals surface area contributed by atoms with E-state index in [9.17, 15) is 13.2 Å². The normalized spacial score (nSPS) is 15.3. The summed E-state index contributed by atoms with van der Waals surface area (Å²) in [5.74, 6) is 0.206. The molecule has 4 nitrogen and oxygen atoms in total. The highest BCUT2D eigenvalue weighted by Crippen LogP contribution is 2.36. The van der Waals surface area contributed by atoms with Crippen LogP contribution in [0.4, 0.5) is 0 Å². The minimum absolute atomic E-state index is 0.0190. The predicted molar refractivity (Wildman–Crippen MR) is 107 cm³/mol. The van der Waals surface area contributed by atoms with Crippen LogP contribution in [0, 0.1) is 5.92 Å². The average molecular weight is 406 g/mol. The molecule has 0 heterocycles. The molecule has 1 aliphatic carbocycles. The van der Waals surface area contributed by atoms with E-state index in [4.69, 9.17) is 11.6 Å². The third-order valence-electron chi connectivity index (χ3n) is 5.07. The first kappa shape index (κ1) is 19.9. The van der Waals surface area contributed by atoms with E-state index in [1.807, 2.05) is 35.2 Å². The number of amides is 1. The van der Waals surface area contributed by atoms with Gasteiger partial charge in [0.25, 0.3) is 0 Å². The molecular weight excluding hydrogens is 382 g/mol. The second-order valence-corrected chi connectivity index (χ2v) is 9.65. The Balaban J connectivity index is 1.69. The van der Waals surface area contributed by atoms with Crippen molar-refractivity contribution in [1.82, 2.24) is 4.90 Å². The number of hydrogen-bond acceptors (Lipinski definition) is 3. The summed E-state index contributed by atoms with van der Waals surface area (Å²) in [6, 6.07) is 16.0. The van der Waals surface area contributed by atoms with E-state index >= 15 is 0 Å². The van der Waals surface area contributed by atoms with Gasteiger partial charge in [0.05, 0.1) is 10.6 Å². The zero-order valence-electron chi connectivity index (χ0n) is 15.3. The quantitative estimate of drug-likeness (QED) is 0.656. The maximum absolute atomic E-state index is 12.9. The third kappa shape index (κ3) is 5.33. The number of hydrogen-bond donors (Lipinski definition) is 0. The Bertz CT molecular complexity index is 877. The van der Waals surface area contributed by atoms with Crippen molar-refractivity contribution in [3.63, 3.8) is 0 Å². The van der Waals surface area contributed by atoms with Crippen LogP contribution in [0.15, 0.2) is 59.5 Å². The number of carbonyl (C=O) groups is 1. The molecular formula is C21H24ClNO3S. The van der Waals surface area contributed by atoms with Crippen LogP contribution in [-0.2, 0) is 21.2 Å². The van der Waals surface area contributed by atoms with Gasteiger partial charge in [-0.1, -0.05) is 41.9 Å². The van der Waals surface area contributed by atoms with Gasteiger partial charge in [-0.3, -0.25) is 4.79 Å². The molecule has 144 valence electrons. The van der Waals surface area contributed by atoms with Gasteiger partial charge in [0.15, 0.2) is 9.84 Å². The maximum atomic E-state index is 12.9. The largest absolute Gasteiger partial charge is 0.335 e. The molecule has 0 N–H and O–H groups in total. The van der Waals surface area contributed by atoms with Crippen molar-refractivity contribution in [1.29, 1.82) is 0 Å². The van der Waals surface area contributed by atoms with Crippen LogP contribution in [0.3, 0.4) is 0 Å². The van der Waals surface area contributed by atoms with Gasteiger partial charge in [-0.15, -0.1) is 0 Å². The first-order valence-corrected chi connectivity index (χ1v) is 11.2. The molecule has 27 heavy (non-hydrogen) atoms. The molecule has 1 saturated carbocycles. The fourth-order valence-corrected chi connectivity index (χ4v) is 4.55. The average Bonchev–Trinajstić information content (AvgIpc) is 3.50. The van der Waals surface area contributed by atoms with Crippen molar-refractivity contribution in [2.75, 3.05) is 5.75 Å². The molecule has 0 radical (unpaired) electrons. The maximum Gasteiger partial charge on any atom is 0.224 e. The van der Waals surface area contributed by atoms with Crippen LogP contribution in [0.2, 0.25) is 5.02 Å². The number of benzene rings is 2. The van der Waals surface area contributed by atoms with E-state index in [2.05, 4.69) is 6.92 Å². The van der Waals surface area contributed by atoms with E-state index in [0.717, 1.165) is 18.4 Å². The van der Waals surface area contributed by atoms with Gasteiger partial charge in [0.1, 0.15) is 0 Å². The molecule has 0 saturated heterocycles. The van der Waals surface area contributed by atoms with Crippen LogP contribution in [0.1, 0.15) is 31.7 Å². The summed E-state index contributed by atoms with van der Waals surface area (Å²) in [7, 11) is -3.51. The lowest BCUT2D eigenvalue weighted by Gasteiger charge is -2.30. The molecule has 1 amide bonds. The molecule has 2 aromatic carbocycles. The SMILES string of the molecule is CC(C1CC1)N(Cc1ccccc1)C(=O)CCS(=O)(=O)c1ccc(Cl)cc1. The Hall–Kier alpha value is -1.85. The van der Waals surface area contributed by atoms with Crippen molar-refractivity contribution >= 4 is 27.3 Å². The van der Waals surface area contributed by atoms with Crippen LogP contribution in [-0.4, -0.2) is 31.0 Å². The summed E-state index contributed by atoms with van der Waals surface area (Å²) < 4.78 is 25.1. The first-order valence-electron chi connectivity index (χ1n) is 9.18. The lowest BCUT2D eigenvalue weighted by Crippen LogP contribution is -2.40. The fraction of sp³-hybridized carbons (Fsp3) is 0.381. The van der Waals surface area contributed by atoms with Crippen molar-refractivity contribution < 1.29 is 13.2 Å². The monoisotopic (exact) mass is 405 g/mol. The van der Waals surface area contributed by atoms with Crippen LogP contribution < -0.4 is 0 Å². The smallest absolute Gasteiger partial charge is 0.224 e. The molecule has 1 unspecified atom stereocenters. The van der Waals surface area contributed by atoms with Crippen LogP contribution >= 0.6 is 11.6 Å². The topological polar surface area (TPSA) is 54.5 Å². The predicted octanol–water partition coefficient (Wildman–Crippen LogP) is 4.33. The Kier molecular flexibility index (Phi) is 6.22. The summed E-state index contributed by atoms with van der Waals surface area (Å²) in [4.78, 5) is 14.9. The summed E-state index contributed by atoms with van der Waals surface area (Å²) in [5.41, 5.74) is 1.05. The van der Waals surface area contributed by atoms with Crippen molar-refractivity contribution in [2.45, 2.75) is 43.7 Å². The van der Waals surface area contributed by atoms with E-state index < -0.39 is 9.84 Å². The van der Waals surface area contributed by atoms with Gasteiger partial charge in [0.2, 0.25) is 5.91 Å². The highest BCUT2D eigenvalue weighted by Gasteiger charge is 2.34. The highest BCUT2D eigenvalue weighted by molar-refractivity contribution is 7.91. The molecule has 0 aliphatic heterocycles. The number of nitrogens with zero attached hydrogens (tertiary/aromatic N) is 1. The highest BCUT2D eigenvalue weighted by atomic mass is 35.5. The molecule has 6 heteroatoms. The Morgan fingerprint density at radius 2 is 1.74 bits per heavy atom. The number of rotatable bonds is 8. The Labute approximate surface area is 166 Å². The molecule has 1 aliphatic rings. The van der Waals surface area contributed by atoms with E-state index in [0.29, 0.717) is 17.5 Å². The number of sulfone groups is 1. The molecule has 3 rings (SSSR count). The van der Waals surface area contributed by atoms with Crippen LogP contribution in [0.25, 0.3) is 0 Å². The second kappa shape index (κ2) is 8.44. The van der Waals surface area contributed by atoms with Crippen molar-refractivity contribution in [2.24, 2.45) is 5.92 Å². The third-order valence-corrected chi connectivity index (χ3v) is 7.05.